The van der Waals surface area contributed by atoms with E-state index in [1.54, 1.807) is 0 Å². The first-order valence-electron chi connectivity index (χ1n) is 7.93. The van der Waals surface area contributed by atoms with Gasteiger partial charge in [0, 0.05) is 12.1 Å². The van der Waals surface area contributed by atoms with Gasteiger partial charge < -0.3 is 5.11 Å². The highest BCUT2D eigenvalue weighted by Gasteiger charge is 2.38. The molecule has 0 aromatic heterocycles. The van der Waals surface area contributed by atoms with E-state index in [1.165, 1.54) is 25.7 Å². The van der Waals surface area contributed by atoms with Crippen molar-refractivity contribution in [2.24, 2.45) is 17.8 Å². The molecular formula is C16H29NO2. The molecule has 0 amide bonds. The minimum Gasteiger partial charge on any atom is -0.481 e. The number of hydrogen-bond acceptors (Lipinski definition) is 2. The predicted molar refractivity (Wildman–Crippen MR) is 77.1 cm³/mol. The zero-order valence-electron chi connectivity index (χ0n) is 12.6. The number of carboxylic acid groups (broad SMARTS) is 1. The quantitative estimate of drug-likeness (QED) is 0.852. The van der Waals surface area contributed by atoms with Gasteiger partial charge in [-0.15, -0.1) is 0 Å². The van der Waals surface area contributed by atoms with Crippen molar-refractivity contribution in [3.63, 3.8) is 0 Å². The number of carbonyl (C=O) groups is 1. The van der Waals surface area contributed by atoms with Crippen LogP contribution in [0.2, 0.25) is 0 Å². The first-order chi connectivity index (χ1) is 8.99. The van der Waals surface area contributed by atoms with Crippen LogP contribution in [-0.2, 0) is 4.79 Å². The van der Waals surface area contributed by atoms with Gasteiger partial charge in [-0.3, -0.25) is 9.69 Å². The van der Waals surface area contributed by atoms with Crippen LogP contribution in [0.3, 0.4) is 0 Å². The Balaban J connectivity index is 2.01. The third kappa shape index (κ3) is 3.50. The summed E-state index contributed by atoms with van der Waals surface area (Å²) in [6.45, 7) is 4.60. The van der Waals surface area contributed by atoms with E-state index in [2.05, 4.69) is 25.8 Å². The van der Waals surface area contributed by atoms with Gasteiger partial charge in [0.05, 0.1) is 5.92 Å². The van der Waals surface area contributed by atoms with Gasteiger partial charge in [0.15, 0.2) is 0 Å². The lowest BCUT2D eigenvalue weighted by molar-refractivity contribution is -0.146. The summed E-state index contributed by atoms with van der Waals surface area (Å²) in [6, 6.07) is 0.855. The van der Waals surface area contributed by atoms with Crippen LogP contribution in [0, 0.1) is 17.8 Å². The lowest BCUT2D eigenvalue weighted by Gasteiger charge is -2.44. The summed E-state index contributed by atoms with van der Waals surface area (Å²) in [5, 5.41) is 9.46. The first kappa shape index (κ1) is 14.8. The lowest BCUT2D eigenvalue weighted by atomic mass is 9.77. The fourth-order valence-electron chi connectivity index (χ4n) is 4.01. The number of nitrogens with zero attached hydrogens (tertiary/aromatic N) is 1. The van der Waals surface area contributed by atoms with Crippen LogP contribution in [0.4, 0.5) is 0 Å². The summed E-state index contributed by atoms with van der Waals surface area (Å²) in [6.07, 6.45) is 8.07. The molecule has 0 aliphatic heterocycles. The molecule has 19 heavy (non-hydrogen) atoms. The summed E-state index contributed by atoms with van der Waals surface area (Å²) < 4.78 is 0. The Morgan fingerprint density at radius 1 is 1.00 bits per heavy atom. The van der Waals surface area contributed by atoms with Crippen molar-refractivity contribution in [2.75, 3.05) is 7.05 Å². The zero-order chi connectivity index (χ0) is 14.0. The largest absolute Gasteiger partial charge is 0.481 e. The summed E-state index contributed by atoms with van der Waals surface area (Å²) >= 11 is 0. The summed E-state index contributed by atoms with van der Waals surface area (Å²) in [7, 11) is 2.17. The number of aliphatic carboxylic acids is 1. The van der Waals surface area contributed by atoms with E-state index in [-0.39, 0.29) is 12.0 Å². The van der Waals surface area contributed by atoms with Crippen molar-refractivity contribution in [3.8, 4) is 0 Å². The summed E-state index contributed by atoms with van der Waals surface area (Å²) in [4.78, 5) is 13.9. The van der Waals surface area contributed by atoms with E-state index >= 15 is 0 Å². The van der Waals surface area contributed by atoms with Crippen LogP contribution in [0.15, 0.2) is 0 Å². The van der Waals surface area contributed by atoms with E-state index < -0.39 is 5.97 Å². The van der Waals surface area contributed by atoms with Crippen LogP contribution in [0.5, 0.6) is 0 Å². The molecule has 3 heteroatoms. The van der Waals surface area contributed by atoms with Crippen molar-refractivity contribution in [3.05, 3.63) is 0 Å². The van der Waals surface area contributed by atoms with Crippen molar-refractivity contribution in [1.82, 2.24) is 4.90 Å². The third-order valence-electron chi connectivity index (χ3n) is 5.48. The molecule has 2 aliphatic rings. The molecule has 3 unspecified atom stereocenters. The van der Waals surface area contributed by atoms with Crippen molar-refractivity contribution in [2.45, 2.75) is 70.9 Å². The molecule has 0 spiro atoms. The molecule has 2 fully saturated rings. The van der Waals surface area contributed by atoms with Gasteiger partial charge in [-0.25, -0.2) is 0 Å². The van der Waals surface area contributed by atoms with Crippen molar-refractivity contribution >= 4 is 5.97 Å². The normalized spacial score (nSPS) is 40.3. The molecule has 0 heterocycles. The number of hydrogen-bond donors (Lipinski definition) is 1. The van der Waals surface area contributed by atoms with E-state index in [0.29, 0.717) is 12.0 Å². The second kappa shape index (κ2) is 6.25. The van der Waals surface area contributed by atoms with E-state index in [9.17, 15) is 9.90 Å². The average Bonchev–Trinajstić information content (AvgIpc) is 2.38. The van der Waals surface area contributed by atoms with Gasteiger partial charge in [0.2, 0.25) is 0 Å². The highest BCUT2D eigenvalue weighted by Crippen LogP contribution is 2.35. The van der Waals surface area contributed by atoms with Gasteiger partial charge in [-0.2, -0.15) is 0 Å². The number of rotatable bonds is 3. The Morgan fingerprint density at radius 2 is 1.58 bits per heavy atom. The molecule has 2 saturated carbocycles. The minimum absolute atomic E-state index is 0.152. The summed E-state index contributed by atoms with van der Waals surface area (Å²) in [5.41, 5.74) is 0. The second-order valence-electron chi connectivity index (χ2n) is 7.01. The topological polar surface area (TPSA) is 40.5 Å². The van der Waals surface area contributed by atoms with Gasteiger partial charge in [0.25, 0.3) is 0 Å². The van der Waals surface area contributed by atoms with Gasteiger partial charge in [-0.1, -0.05) is 13.8 Å². The van der Waals surface area contributed by atoms with E-state index in [4.69, 9.17) is 0 Å². The molecule has 0 saturated heterocycles. The Labute approximate surface area is 117 Å². The monoisotopic (exact) mass is 267 g/mol. The predicted octanol–water partition coefficient (Wildman–Crippen LogP) is 3.39. The van der Waals surface area contributed by atoms with Gasteiger partial charge >= 0.3 is 5.97 Å². The standard InChI is InChI=1S/C16H29NO2/c1-11-4-7-13(8-5-11)17(3)15-10-12(2)6-9-14(15)16(18)19/h11-15H,4-10H2,1-3H3,(H,18,19). The van der Waals surface area contributed by atoms with E-state index in [0.717, 1.165) is 25.2 Å². The van der Waals surface area contributed by atoms with Crippen LogP contribution < -0.4 is 0 Å². The third-order valence-corrected chi connectivity index (χ3v) is 5.48. The maximum absolute atomic E-state index is 11.5. The molecule has 0 bridgehead atoms. The first-order valence-corrected chi connectivity index (χ1v) is 7.93. The fraction of sp³-hybridized carbons (Fsp3) is 0.938. The van der Waals surface area contributed by atoms with Crippen molar-refractivity contribution in [1.29, 1.82) is 0 Å². The summed E-state index contributed by atoms with van der Waals surface area (Å²) in [5.74, 6) is 0.782. The van der Waals surface area contributed by atoms with Crippen LogP contribution in [0.1, 0.15) is 58.8 Å². The molecule has 0 radical (unpaired) electrons. The second-order valence-corrected chi connectivity index (χ2v) is 7.01. The lowest BCUT2D eigenvalue weighted by Crippen LogP contribution is -2.50. The van der Waals surface area contributed by atoms with E-state index in [1.807, 2.05) is 0 Å². The maximum Gasteiger partial charge on any atom is 0.308 e. The SMILES string of the molecule is CC1CCC(N(C)C2CC(C)CCC2C(=O)O)CC1. The highest BCUT2D eigenvalue weighted by atomic mass is 16.4. The average molecular weight is 267 g/mol. The molecule has 2 rings (SSSR count). The Morgan fingerprint density at radius 3 is 2.16 bits per heavy atom. The maximum atomic E-state index is 11.5. The molecular weight excluding hydrogens is 238 g/mol. The smallest absolute Gasteiger partial charge is 0.308 e. The minimum atomic E-state index is -0.590. The molecule has 3 atom stereocenters. The van der Waals surface area contributed by atoms with Crippen LogP contribution in [0.25, 0.3) is 0 Å². The Hall–Kier alpha value is -0.570. The Bertz CT molecular complexity index is 310. The van der Waals surface area contributed by atoms with Crippen LogP contribution in [-0.4, -0.2) is 35.1 Å². The van der Waals surface area contributed by atoms with Crippen LogP contribution >= 0.6 is 0 Å². The van der Waals surface area contributed by atoms with Crippen molar-refractivity contribution < 1.29 is 9.90 Å². The highest BCUT2D eigenvalue weighted by molar-refractivity contribution is 5.71. The molecule has 2 aliphatic carbocycles. The number of carboxylic acids is 1. The Kier molecular flexibility index (Phi) is 4.88. The zero-order valence-corrected chi connectivity index (χ0v) is 12.6. The molecule has 110 valence electrons. The molecule has 0 aromatic rings. The molecule has 1 N–H and O–H groups in total. The van der Waals surface area contributed by atoms with Gasteiger partial charge in [-0.05, 0) is 63.8 Å². The molecule has 0 aromatic carbocycles. The molecule has 3 nitrogen and oxygen atoms in total. The fourth-order valence-corrected chi connectivity index (χ4v) is 4.01. The van der Waals surface area contributed by atoms with Gasteiger partial charge in [0.1, 0.15) is 0 Å².